The molecule has 2 rings (SSSR count). The standard InChI is InChI=1S/C15H18N2O3/c1-4-17-10-13(9-16-17)15(18)20-11(2)12-6-5-7-14(8-12)19-3/h5-11H,4H2,1-3H3/t11-/m1/s1. The van der Waals surface area contributed by atoms with Crippen molar-refractivity contribution < 1.29 is 14.3 Å². The summed E-state index contributed by atoms with van der Waals surface area (Å²) in [5, 5.41) is 4.06. The number of carbonyl (C=O) groups excluding carboxylic acids is 1. The maximum atomic E-state index is 12.0. The van der Waals surface area contributed by atoms with Gasteiger partial charge in [0.1, 0.15) is 11.9 Å². The lowest BCUT2D eigenvalue weighted by Gasteiger charge is -2.13. The molecular formula is C15H18N2O3. The third-order valence-corrected chi connectivity index (χ3v) is 3.04. The van der Waals surface area contributed by atoms with Crippen molar-refractivity contribution in [1.82, 2.24) is 9.78 Å². The highest BCUT2D eigenvalue weighted by Gasteiger charge is 2.15. The summed E-state index contributed by atoms with van der Waals surface area (Å²) in [6, 6.07) is 7.47. The summed E-state index contributed by atoms with van der Waals surface area (Å²) < 4.78 is 12.3. The van der Waals surface area contributed by atoms with Crippen LogP contribution in [-0.2, 0) is 11.3 Å². The fourth-order valence-electron chi connectivity index (χ4n) is 1.83. The molecule has 20 heavy (non-hydrogen) atoms. The van der Waals surface area contributed by atoms with E-state index in [1.807, 2.05) is 38.1 Å². The molecule has 0 fully saturated rings. The summed E-state index contributed by atoms with van der Waals surface area (Å²) in [5.74, 6) is 0.365. The van der Waals surface area contributed by atoms with Gasteiger partial charge in [-0.15, -0.1) is 0 Å². The molecule has 1 aromatic carbocycles. The Morgan fingerprint density at radius 2 is 2.25 bits per heavy atom. The fourth-order valence-corrected chi connectivity index (χ4v) is 1.83. The summed E-state index contributed by atoms with van der Waals surface area (Å²) >= 11 is 0. The zero-order valence-corrected chi connectivity index (χ0v) is 11.9. The normalized spacial score (nSPS) is 11.9. The van der Waals surface area contributed by atoms with E-state index in [-0.39, 0.29) is 12.1 Å². The van der Waals surface area contributed by atoms with Crippen LogP contribution in [0.2, 0.25) is 0 Å². The van der Waals surface area contributed by atoms with Gasteiger partial charge in [-0.25, -0.2) is 4.79 Å². The molecule has 5 nitrogen and oxygen atoms in total. The average Bonchev–Trinajstić information content (AvgIpc) is 2.96. The van der Waals surface area contributed by atoms with E-state index >= 15 is 0 Å². The Labute approximate surface area is 118 Å². The second-order valence-electron chi connectivity index (χ2n) is 4.41. The lowest BCUT2D eigenvalue weighted by molar-refractivity contribution is 0.0337. The third-order valence-electron chi connectivity index (χ3n) is 3.04. The highest BCUT2D eigenvalue weighted by molar-refractivity contribution is 5.88. The van der Waals surface area contributed by atoms with Crippen molar-refractivity contribution in [3.63, 3.8) is 0 Å². The molecule has 0 spiro atoms. The van der Waals surface area contributed by atoms with E-state index in [1.54, 1.807) is 18.0 Å². The fraction of sp³-hybridized carbons (Fsp3) is 0.333. The van der Waals surface area contributed by atoms with Crippen molar-refractivity contribution in [3.8, 4) is 5.75 Å². The van der Waals surface area contributed by atoms with Gasteiger partial charge in [-0.3, -0.25) is 4.68 Å². The van der Waals surface area contributed by atoms with Gasteiger partial charge in [0.05, 0.1) is 18.9 Å². The Hall–Kier alpha value is -2.30. The van der Waals surface area contributed by atoms with E-state index in [1.165, 1.54) is 6.20 Å². The number of benzene rings is 1. The summed E-state index contributed by atoms with van der Waals surface area (Å²) in [7, 11) is 1.61. The highest BCUT2D eigenvalue weighted by Crippen LogP contribution is 2.22. The van der Waals surface area contributed by atoms with Gasteiger partial charge < -0.3 is 9.47 Å². The topological polar surface area (TPSA) is 53.4 Å². The molecule has 1 heterocycles. The van der Waals surface area contributed by atoms with Crippen LogP contribution in [0.25, 0.3) is 0 Å². The van der Waals surface area contributed by atoms with Crippen LogP contribution in [0.3, 0.4) is 0 Å². The molecular weight excluding hydrogens is 256 g/mol. The number of nitrogens with zero attached hydrogens (tertiary/aromatic N) is 2. The van der Waals surface area contributed by atoms with Gasteiger partial charge in [-0.1, -0.05) is 12.1 Å². The average molecular weight is 274 g/mol. The SMILES string of the molecule is CCn1cc(C(=O)O[C@H](C)c2cccc(OC)c2)cn1. The van der Waals surface area contributed by atoms with Crippen LogP contribution < -0.4 is 4.74 Å². The molecule has 0 radical (unpaired) electrons. The molecule has 0 N–H and O–H groups in total. The van der Waals surface area contributed by atoms with Crippen molar-refractivity contribution >= 4 is 5.97 Å². The molecule has 0 bridgehead atoms. The molecule has 1 atom stereocenters. The second-order valence-corrected chi connectivity index (χ2v) is 4.41. The maximum absolute atomic E-state index is 12.0. The molecule has 2 aromatic rings. The minimum Gasteiger partial charge on any atom is -0.497 e. The van der Waals surface area contributed by atoms with Crippen molar-refractivity contribution in [2.45, 2.75) is 26.5 Å². The van der Waals surface area contributed by atoms with E-state index in [2.05, 4.69) is 5.10 Å². The Balaban J connectivity index is 2.06. The Bertz CT molecular complexity index is 592. The highest BCUT2D eigenvalue weighted by atomic mass is 16.5. The minimum atomic E-state index is -0.375. The zero-order chi connectivity index (χ0) is 14.5. The predicted octanol–water partition coefficient (Wildman–Crippen LogP) is 2.83. The molecule has 0 aliphatic rings. The lowest BCUT2D eigenvalue weighted by Crippen LogP contribution is -2.08. The van der Waals surface area contributed by atoms with E-state index in [0.717, 1.165) is 17.9 Å². The van der Waals surface area contributed by atoms with Gasteiger partial charge in [0.15, 0.2) is 0 Å². The van der Waals surface area contributed by atoms with Gasteiger partial charge in [0.25, 0.3) is 0 Å². The molecule has 0 unspecified atom stereocenters. The van der Waals surface area contributed by atoms with Crippen molar-refractivity contribution in [3.05, 3.63) is 47.8 Å². The Morgan fingerprint density at radius 1 is 1.45 bits per heavy atom. The molecule has 5 heteroatoms. The number of carbonyl (C=O) groups is 1. The lowest BCUT2D eigenvalue weighted by atomic mass is 10.1. The van der Waals surface area contributed by atoms with E-state index in [9.17, 15) is 4.79 Å². The molecule has 0 aliphatic carbocycles. The molecule has 0 saturated carbocycles. The summed E-state index contributed by atoms with van der Waals surface area (Å²) in [6.07, 6.45) is 2.85. The largest absolute Gasteiger partial charge is 0.497 e. The van der Waals surface area contributed by atoms with Gasteiger partial charge in [0.2, 0.25) is 0 Å². The number of aryl methyl sites for hydroxylation is 1. The van der Waals surface area contributed by atoms with Gasteiger partial charge in [-0.05, 0) is 31.5 Å². The number of methoxy groups -OCH3 is 1. The molecule has 1 aromatic heterocycles. The second kappa shape index (κ2) is 6.23. The van der Waals surface area contributed by atoms with Crippen LogP contribution in [0, 0.1) is 0 Å². The summed E-state index contributed by atoms with van der Waals surface area (Å²) in [6.45, 7) is 4.51. The number of ether oxygens (including phenoxy) is 2. The number of hydrogen-bond donors (Lipinski definition) is 0. The van der Waals surface area contributed by atoms with Crippen LogP contribution >= 0.6 is 0 Å². The first-order valence-electron chi connectivity index (χ1n) is 6.51. The smallest absolute Gasteiger partial charge is 0.341 e. The van der Waals surface area contributed by atoms with Crippen LogP contribution in [0.15, 0.2) is 36.7 Å². The Kier molecular flexibility index (Phi) is 4.40. The zero-order valence-electron chi connectivity index (χ0n) is 11.9. The van der Waals surface area contributed by atoms with Gasteiger partial charge >= 0.3 is 5.97 Å². The first kappa shape index (κ1) is 14.1. The monoisotopic (exact) mass is 274 g/mol. The number of esters is 1. The van der Waals surface area contributed by atoms with Crippen molar-refractivity contribution in [2.75, 3.05) is 7.11 Å². The minimum absolute atomic E-state index is 0.345. The first-order valence-corrected chi connectivity index (χ1v) is 6.51. The molecule has 0 aliphatic heterocycles. The quantitative estimate of drug-likeness (QED) is 0.787. The van der Waals surface area contributed by atoms with Gasteiger partial charge in [-0.2, -0.15) is 5.10 Å². The van der Waals surface area contributed by atoms with Crippen LogP contribution in [0.1, 0.15) is 35.9 Å². The number of hydrogen-bond acceptors (Lipinski definition) is 4. The summed E-state index contributed by atoms with van der Waals surface area (Å²) in [5.41, 5.74) is 1.35. The van der Waals surface area contributed by atoms with Crippen LogP contribution in [0.4, 0.5) is 0 Å². The number of rotatable bonds is 5. The molecule has 0 amide bonds. The maximum Gasteiger partial charge on any atom is 0.341 e. The van der Waals surface area contributed by atoms with E-state index in [0.29, 0.717) is 5.56 Å². The third kappa shape index (κ3) is 3.17. The molecule has 0 saturated heterocycles. The Morgan fingerprint density at radius 3 is 2.90 bits per heavy atom. The molecule has 106 valence electrons. The van der Waals surface area contributed by atoms with Gasteiger partial charge in [0, 0.05) is 12.7 Å². The van der Waals surface area contributed by atoms with E-state index < -0.39 is 0 Å². The van der Waals surface area contributed by atoms with Crippen molar-refractivity contribution in [1.29, 1.82) is 0 Å². The van der Waals surface area contributed by atoms with Crippen LogP contribution in [-0.4, -0.2) is 22.9 Å². The van der Waals surface area contributed by atoms with E-state index in [4.69, 9.17) is 9.47 Å². The van der Waals surface area contributed by atoms with Crippen LogP contribution in [0.5, 0.6) is 5.75 Å². The van der Waals surface area contributed by atoms with Crippen molar-refractivity contribution in [2.24, 2.45) is 0 Å². The number of aromatic nitrogens is 2. The summed E-state index contributed by atoms with van der Waals surface area (Å²) in [4.78, 5) is 12.0. The predicted molar refractivity (Wildman–Crippen MR) is 74.7 cm³/mol. The first-order chi connectivity index (χ1) is 9.63.